The van der Waals surface area contributed by atoms with E-state index in [0.29, 0.717) is 0 Å². The van der Waals surface area contributed by atoms with E-state index in [1.807, 2.05) is 7.05 Å². The first kappa shape index (κ1) is 20.5. The van der Waals surface area contributed by atoms with Crippen molar-refractivity contribution in [2.45, 2.75) is 32.1 Å². The van der Waals surface area contributed by atoms with Gasteiger partial charge in [-0.2, -0.15) is 0 Å². The Hall–Kier alpha value is -0.820. The van der Waals surface area contributed by atoms with E-state index >= 15 is 0 Å². The fraction of sp³-hybridized carbons (Fsp3) is 0.650. The van der Waals surface area contributed by atoms with Gasteiger partial charge in [-0.3, -0.25) is 4.99 Å². The van der Waals surface area contributed by atoms with Crippen LogP contribution < -0.4 is 5.32 Å². The highest BCUT2D eigenvalue weighted by Crippen LogP contribution is 2.20. The van der Waals surface area contributed by atoms with E-state index in [4.69, 9.17) is 0 Å². The molecule has 3 rings (SSSR count). The molecule has 4 nitrogen and oxygen atoms in total. The number of piperidine rings is 1. The van der Waals surface area contributed by atoms with Crippen LogP contribution in [0.25, 0.3) is 0 Å². The van der Waals surface area contributed by atoms with Crippen LogP contribution in [-0.4, -0.2) is 62.1 Å². The molecule has 1 aromatic rings. The van der Waals surface area contributed by atoms with E-state index in [0.717, 1.165) is 38.1 Å². The van der Waals surface area contributed by atoms with Crippen molar-refractivity contribution in [2.75, 3.05) is 46.3 Å². The van der Waals surface area contributed by atoms with Gasteiger partial charge in [0.1, 0.15) is 0 Å². The van der Waals surface area contributed by atoms with Crippen molar-refractivity contribution < 1.29 is 0 Å². The summed E-state index contributed by atoms with van der Waals surface area (Å²) in [5, 5.41) is 3.58. The monoisotopic (exact) mass is 456 g/mol. The molecule has 0 radical (unpaired) electrons. The molecule has 5 heteroatoms. The van der Waals surface area contributed by atoms with Crippen molar-refractivity contribution in [3.05, 3.63) is 35.9 Å². The van der Waals surface area contributed by atoms with Gasteiger partial charge in [0.2, 0.25) is 0 Å². The van der Waals surface area contributed by atoms with Crippen LogP contribution in [0.4, 0.5) is 0 Å². The van der Waals surface area contributed by atoms with Crippen LogP contribution in [0.15, 0.2) is 35.3 Å². The first-order valence-electron chi connectivity index (χ1n) is 9.57. The van der Waals surface area contributed by atoms with Crippen LogP contribution in [-0.2, 0) is 6.42 Å². The zero-order valence-electron chi connectivity index (χ0n) is 15.5. The quantitative estimate of drug-likeness (QED) is 0.420. The number of benzene rings is 1. The second kappa shape index (κ2) is 11.0. The summed E-state index contributed by atoms with van der Waals surface area (Å²) in [6, 6.07) is 10.9. The van der Waals surface area contributed by atoms with Crippen molar-refractivity contribution in [2.24, 2.45) is 10.9 Å². The van der Waals surface area contributed by atoms with Gasteiger partial charge in [-0.05, 0) is 50.3 Å². The minimum Gasteiger partial charge on any atom is -0.355 e. The Kier molecular flexibility index (Phi) is 9.03. The van der Waals surface area contributed by atoms with Crippen LogP contribution in [0, 0.1) is 5.92 Å². The highest BCUT2D eigenvalue weighted by Gasteiger charge is 2.24. The summed E-state index contributed by atoms with van der Waals surface area (Å²) in [6.07, 6.45) is 6.58. The second-order valence-corrected chi connectivity index (χ2v) is 7.17. The van der Waals surface area contributed by atoms with Gasteiger partial charge in [0.05, 0.1) is 0 Å². The minimum atomic E-state index is 0. The lowest BCUT2D eigenvalue weighted by Crippen LogP contribution is -2.44. The second-order valence-electron chi connectivity index (χ2n) is 7.17. The number of aliphatic imine (C=N–C) groups is 1. The average molecular weight is 456 g/mol. The normalized spacial score (nSPS) is 21.9. The van der Waals surface area contributed by atoms with Crippen molar-refractivity contribution in [1.82, 2.24) is 15.1 Å². The Morgan fingerprint density at radius 2 is 1.88 bits per heavy atom. The highest BCUT2D eigenvalue weighted by atomic mass is 127. The summed E-state index contributed by atoms with van der Waals surface area (Å²) in [5.41, 5.74) is 1.46. The summed E-state index contributed by atoms with van der Waals surface area (Å²) in [7, 11) is 1.91. The maximum Gasteiger partial charge on any atom is 0.193 e. The van der Waals surface area contributed by atoms with Crippen molar-refractivity contribution in [3.63, 3.8) is 0 Å². The topological polar surface area (TPSA) is 30.9 Å². The van der Waals surface area contributed by atoms with Crippen molar-refractivity contribution in [1.29, 1.82) is 0 Å². The van der Waals surface area contributed by atoms with Crippen LogP contribution in [0.5, 0.6) is 0 Å². The molecule has 0 aromatic heterocycles. The Balaban J connectivity index is 0.00000225. The number of hydrogen-bond acceptors (Lipinski definition) is 2. The van der Waals surface area contributed by atoms with Crippen LogP contribution in [0.2, 0.25) is 0 Å². The molecule has 2 aliphatic heterocycles. The number of nitrogens with zero attached hydrogens (tertiary/aromatic N) is 3. The number of rotatable bonds is 5. The molecule has 140 valence electrons. The minimum absolute atomic E-state index is 0. The third-order valence-electron chi connectivity index (χ3n) is 5.32. The molecule has 2 fully saturated rings. The number of likely N-dealkylation sites (tertiary alicyclic amines) is 2. The van der Waals surface area contributed by atoms with Crippen LogP contribution >= 0.6 is 24.0 Å². The van der Waals surface area contributed by atoms with Gasteiger partial charge >= 0.3 is 0 Å². The molecule has 0 bridgehead atoms. The lowest BCUT2D eigenvalue weighted by atomic mass is 9.99. The number of guanidine groups is 1. The molecule has 0 aliphatic carbocycles. The molecule has 1 unspecified atom stereocenters. The average Bonchev–Trinajstić information content (AvgIpc) is 3.09. The van der Waals surface area contributed by atoms with Crippen molar-refractivity contribution >= 4 is 29.9 Å². The van der Waals surface area contributed by atoms with E-state index in [1.54, 1.807) is 0 Å². The molecule has 2 heterocycles. The first-order valence-corrected chi connectivity index (χ1v) is 9.57. The van der Waals surface area contributed by atoms with Crippen LogP contribution in [0.1, 0.15) is 31.2 Å². The van der Waals surface area contributed by atoms with E-state index in [-0.39, 0.29) is 24.0 Å². The molecule has 0 spiro atoms. The molecule has 0 amide bonds. The van der Waals surface area contributed by atoms with Crippen molar-refractivity contribution in [3.8, 4) is 0 Å². The van der Waals surface area contributed by atoms with Gasteiger partial charge in [-0.1, -0.05) is 36.8 Å². The number of nitrogens with one attached hydrogen (secondary N) is 1. The lowest BCUT2D eigenvalue weighted by Gasteiger charge is -2.28. The molecule has 25 heavy (non-hydrogen) atoms. The smallest absolute Gasteiger partial charge is 0.193 e. The summed E-state index contributed by atoms with van der Waals surface area (Å²) in [5.74, 6) is 1.83. The lowest BCUT2D eigenvalue weighted by molar-refractivity contribution is 0.231. The van der Waals surface area contributed by atoms with Gasteiger partial charge < -0.3 is 15.1 Å². The predicted molar refractivity (Wildman–Crippen MR) is 117 cm³/mol. The zero-order valence-corrected chi connectivity index (χ0v) is 17.8. The van der Waals surface area contributed by atoms with Crippen LogP contribution in [0.3, 0.4) is 0 Å². The molecule has 1 aromatic carbocycles. The largest absolute Gasteiger partial charge is 0.355 e. The van der Waals surface area contributed by atoms with E-state index < -0.39 is 0 Å². The van der Waals surface area contributed by atoms with Gasteiger partial charge in [0.15, 0.2) is 5.96 Å². The third-order valence-corrected chi connectivity index (χ3v) is 5.32. The Bertz CT molecular complexity index is 514. The van der Waals surface area contributed by atoms with E-state index in [9.17, 15) is 0 Å². The standard InChI is InChI=1S/C20H32N4.HI/c1-21-20(22-11-15-23-12-6-3-7-13-23)24-14-10-19(17-24)16-18-8-4-2-5-9-18;/h2,4-5,8-9,19H,3,6-7,10-17H2,1H3,(H,21,22);1H. The summed E-state index contributed by atoms with van der Waals surface area (Å²) < 4.78 is 0. The van der Waals surface area contributed by atoms with Gasteiger partial charge in [0.25, 0.3) is 0 Å². The van der Waals surface area contributed by atoms with Gasteiger partial charge in [0, 0.05) is 33.2 Å². The van der Waals surface area contributed by atoms with Gasteiger partial charge in [-0.25, -0.2) is 0 Å². The zero-order chi connectivity index (χ0) is 16.6. The van der Waals surface area contributed by atoms with E-state index in [1.165, 1.54) is 50.8 Å². The Labute approximate surface area is 170 Å². The van der Waals surface area contributed by atoms with Gasteiger partial charge in [-0.15, -0.1) is 24.0 Å². The third kappa shape index (κ3) is 6.44. The summed E-state index contributed by atoms with van der Waals surface area (Å²) in [4.78, 5) is 9.52. The molecule has 0 saturated carbocycles. The highest BCUT2D eigenvalue weighted by molar-refractivity contribution is 14.0. The molecule has 1 atom stereocenters. The predicted octanol–water partition coefficient (Wildman–Crippen LogP) is 3.23. The fourth-order valence-corrected chi connectivity index (χ4v) is 3.98. The molecule has 2 saturated heterocycles. The Morgan fingerprint density at radius 1 is 1.12 bits per heavy atom. The molecule has 1 N–H and O–H groups in total. The fourth-order valence-electron chi connectivity index (χ4n) is 3.98. The number of halogens is 1. The number of hydrogen-bond donors (Lipinski definition) is 1. The molecular weight excluding hydrogens is 423 g/mol. The Morgan fingerprint density at radius 3 is 2.60 bits per heavy atom. The maximum absolute atomic E-state index is 4.51. The molecule has 2 aliphatic rings. The summed E-state index contributed by atoms with van der Waals surface area (Å²) >= 11 is 0. The van der Waals surface area contributed by atoms with E-state index in [2.05, 4.69) is 50.4 Å². The maximum atomic E-state index is 4.51. The SMILES string of the molecule is CN=C(NCCN1CCCCC1)N1CCC(Cc2ccccc2)C1.I. The first-order chi connectivity index (χ1) is 11.8. The summed E-state index contributed by atoms with van der Waals surface area (Å²) in [6.45, 7) is 6.93. The molecular formula is C20H33IN4.